The first-order valence-electron chi connectivity index (χ1n) is 11.0. The number of benzene rings is 2. The maximum absolute atomic E-state index is 13.9. The van der Waals surface area contributed by atoms with Crippen molar-refractivity contribution in [1.29, 1.82) is 0 Å². The summed E-state index contributed by atoms with van der Waals surface area (Å²) in [6.45, 7) is 2.74. The van der Waals surface area contributed by atoms with Crippen LogP contribution >= 0.6 is 0 Å². The number of carbonyl (C=O) groups excluding carboxylic acids is 1. The fourth-order valence-electron chi connectivity index (χ4n) is 4.57. The van der Waals surface area contributed by atoms with Crippen LogP contribution in [0.4, 0.5) is 0 Å². The summed E-state index contributed by atoms with van der Waals surface area (Å²) in [6, 6.07) is 8.79. The van der Waals surface area contributed by atoms with Gasteiger partial charge in [0.1, 0.15) is 11.6 Å². The van der Waals surface area contributed by atoms with Crippen molar-refractivity contribution >= 4 is 16.9 Å². The van der Waals surface area contributed by atoms with E-state index in [1.807, 2.05) is 17.0 Å². The molecule has 0 radical (unpaired) electrons. The van der Waals surface area contributed by atoms with E-state index in [9.17, 15) is 4.79 Å². The maximum Gasteiger partial charge on any atom is 0.256 e. The fraction of sp³-hybridized carbons (Fsp3) is 0.333. The predicted molar refractivity (Wildman–Crippen MR) is 125 cm³/mol. The molecule has 10 nitrogen and oxygen atoms in total. The number of methoxy groups -OCH3 is 3. The molecule has 2 aromatic carbocycles. The van der Waals surface area contributed by atoms with E-state index in [4.69, 9.17) is 19.2 Å². The van der Waals surface area contributed by atoms with E-state index >= 15 is 0 Å². The summed E-state index contributed by atoms with van der Waals surface area (Å²) in [7, 11) is 4.77. The monoisotopic (exact) mass is 462 g/mol. The molecule has 34 heavy (non-hydrogen) atoms. The van der Waals surface area contributed by atoms with E-state index < -0.39 is 0 Å². The van der Waals surface area contributed by atoms with Crippen LogP contribution in [0.25, 0.3) is 16.7 Å². The molecule has 2 aromatic heterocycles. The Hall–Kier alpha value is -4.08. The summed E-state index contributed by atoms with van der Waals surface area (Å²) in [4.78, 5) is 25.4. The molecule has 0 aliphatic carbocycles. The number of nitrogens with zero attached hydrogens (tertiary/aromatic N) is 5. The first-order valence-corrected chi connectivity index (χ1v) is 11.0. The molecule has 10 heteroatoms. The number of amides is 1. The van der Waals surface area contributed by atoms with Crippen LogP contribution in [0.15, 0.2) is 42.7 Å². The Balaban J connectivity index is 1.56. The van der Waals surface area contributed by atoms with Crippen LogP contribution in [0.1, 0.15) is 35.6 Å². The zero-order valence-corrected chi connectivity index (χ0v) is 19.5. The van der Waals surface area contributed by atoms with Crippen LogP contribution in [-0.2, 0) is 0 Å². The maximum atomic E-state index is 13.9. The first kappa shape index (κ1) is 21.7. The third-order valence-electron chi connectivity index (χ3n) is 6.32. The minimum absolute atomic E-state index is 0.129. The second-order valence-corrected chi connectivity index (χ2v) is 8.26. The van der Waals surface area contributed by atoms with Gasteiger partial charge in [0.25, 0.3) is 5.91 Å². The third-order valence-corrected chi connectivity index (χ3v) is 6.32. The number of aromatic amines is 1. The quantitative estimate of drug-likeness (QED) is 0.468. The Morgan fingerprint density at radius 3 is 2.47 bits per heavy atom. The molecule has 0 unspecified atom stereocenters. The number of nitrogens with one attached hydrogen (secondary N) is 1. The highest BCUT2D eigenvalue weighted by molar-refractivity contribution is 5.98. The number of H-pyrrole nitrogens is 1. The summed E-state index contributed by atoms with van der Waals surface area (Å²) in [6.07, 6.45) is 4.02. The Kier molecular flexibility index (Phi) is 5.56. The van der Waals surface area contributed by atoms with Crippen LogP contribution in [0.3, 0.4) is 0 Å². The van der Waals surface area contributed by atoms with Crippen LogP contribution in [0, 0.1) is 5.92 Å². The highest BCUT2D eigenvalue weighted by Gasteiger charge is 2.39. The van der Waals surface area contributed by atoms with Gasteiger partial charge in [-0.2, -0.15) is 15.0 Å². The number of ether oxygens (including phenoxy) is 3. The number of aromatic nitrogens is 5. The van der Waals surface area contributed by atoms with E-state index in [0.29, 0.717) is 35.0 Å². The van der Waals surface area contributed by atoms with Crippen molar-refractivity contribution in [3.8, 4) is 22.9 Å². The summed E-state index contributed by atoms with van der Waals surface area (Å²) >= 11 is 0. The van der Waals surface area contributed by atoms with Gasteiger partial charge in [-0.3, -0.25) is 4.79 Å². The molecular formula is C24H26N6O4. The van der Waals surface area contributed by atoms with Gasteiger partial charge in [-0.05, 0) is 30.5 Å². The number of fused-ring (bicyclic) bond motifs is 1. The zero-order valence-electron chi connectivity index (χ0n) is 19.5. The SMILES string of the molecule is COc1ccc(-n2nccn2)c(C(=O)N2CC[C@H](C)[C@H]2c2nc3cc(OC)c(OC)cc3[nH]2)c1. The van der Waals surface area contributed by atoms with Crippen molar-refractivity contribution in [3.05, 3.63) is 54.1 Å². The summed E-state index contributed by atoms with van der Waals surface area (Å²) < 4.78 is 16.2. The zero-order chi connectivity index (χ0) is 23.8. The Morgan fingerprint density at radius 1 is 1.03 bits per heavy atom. The van der Waals surface area contributed by atoms with Crippen molar-refractivity contribution < 1.29 is 19.0 Å². The standard InChI is InChI=1S/C24H26N6O4/c1-14-7-10-29(22(14)23-27-17-12-20(33-3)21(34-4)13-18(17)28-23)24(31)16-11-15(32-2)5-6-19(16)30-25-8-9-26-30/h5-6,8-9,11-14,22H,7,10H2,1-4H3,(H,27,28)/t14-,22-/m0/s1. The van der Waals surface area contributed by atoms with Crippen LogP contribution in [0.5, 0.6) is 17.2 Å². The lowest BCUT2D eigenvalue weighted by Crippen LogP contribution is -2.33. The third kappa shape index (κ3) is 3.60. The molecule has 0 spiro atoms. The van der Waals surface area contributed by atoms with Gasteiger partial charge in [-0.15, -0.1) is 0 Å². The largest absolute Gasteiger partial charge is 0.497 e. The van der Waals surface area contributed by atoms with Gasteiger partial charge in [-0.1, -0.05) is 6.92 Å². The molecule has 1 fully saturated rings. The Bertz CT molecular complexity index is 1290. The van der Waals surface area contributed by atoms with Crippen molar-refractivity contribution in [1.82, 2.24) is 29.9 Å². The van der Waals surface area contributed by atoms with Gasteiger partial charge < -0.3 is 24.1 Å². The van der Waals surface area contributed by atoms with Gasteiger partial charge in [0.2, 0.25) is 0 Å². The van der Waals surface area contributed by atoms with Crippen molar-refractivity contribution in [2.24, 2.45) is 5.92 Å². The first-order chi connectivity index (χ1) is 16.5. The van der Waals surface area contributed by atoms with Gasteiger partial charge >= 0.3 is 0 Å². The number of imidazole rings is 1. The highest BCUT2D eigenvalue weighted by Crippen LogP contribution is 2.39. The molecule has 0 saturated carbocycles. The molecule has 1 aliphatic rings. The Labute approximate surface area is 196 Å². The molecule has 176 valence electrons. The highest BCUT2D eigenvalue weighted by atomic mass is 16.5. The van der Waals surface area contributed by atoms with Crippen molar-refractivity contribution in [2.45, 2.75) is 19.4 Å². The normalized spacial score (nSPS) is 17.8. The number of likely N-dealkylation sites (tertiary alicyclic amines) is 1. The second-order valence-electron chi connectivity index (χ2n) is 8.26. The average Bonchev–Trinajstić information content (AvgIpc) is 3.61. The minimum atomic E-state index is -0.221. The summed E-state index contributed by atoms with van der Waals surface area (Å²) in [5.41, 5.74) is 2.63. The molecule has 4 aromatic rings. The van der Waals surface area contributed by atoms with Gasteiger partial charge in [-0.25, -0.2) is 4.98 Å². The molecule has 3 heterocycles. The topological polar surface area (TPSA) is 107 Å². The van der Waals surface area contributed by atoms with E-state index in [0.717, 1.165) is 23.3 Å². The number of hydrogen-bond acceptors (Lipinski definition) is 7. The molecule has 5 rings (SSSR count). The van der Waals surface area contributed by atoms with E-state index in [-0.39, 0.29) is 17.9 Å². The molecular weight excluding hydrogens is 436 g/mol. The average molecular weight is 463 g/mol. The van der Waals surface area contributed by atoms with E-state index in [1.165, 1.54) is 4.80 Å². The molecule has 2 atom stereocenters. The van der Waals surface area contributed by atoms with Gasteiger partial charge in [0.15, 0.2) is 11.5 Å². The van der Waals surface area contributed by atoms with Crippen molar-refractivity contribution in [2.75, 3.05) is 27.9 Å². The lowest BCUT2D eigenvalue weighted by Gasteiger charge is -2.26. The van der Waals surface area contributed by atoms with Crippen molar-refractivity contribution in [3.63, 3.8) is 0 Å². The number of hydrogen-bond donors (Lipinski definition) is 1. The summed E-state index contributed by atoms with van der Waals surface area (Å²) in [5.74, 6) is 2.62. The lowest BCUT2D eigenvalue weighted by molar-refractivity contribution is 0.0713. The van der Waals surface area contributed by atoms with Crippen LogP contribution in [-0.4, -0.2) is 63.6 Å². The fourth-order valence-corrected chi connectivity index (χ4v) is 4.57. The number of rotatable bonds is 6. The van der Waals surface area contributed by atoms with E-state index in [2.05, 4.69) is 22.1 Å². The molecule has 1 saturated heterocycles. The van der Waals surface area contributed by atoms with Crippen LogP contribution < -0.4 is 14.2 Å². The van der Waals surface area contributed by atoms with Gasteiger partial charge in [0, 0.05) is 18.7 Å². The Morgan fingerprint density at radius 2 is 1.76 bits per heavy atom. The lowest BCUT2D eigenvalue weighted by atomic mass is 10.0. The molecule has 1 N–H and O–H groups in total. The molecule has 1 aliphatic heterocycles. The molecule has 0 bridgehead atoms. The number of carbonyl (C=O) groups is 1. The predicted octanol–water partition coefficient (Wildman–Crippen LogP) is 3.39. The minimum Gasteiger partial charge on any atom is -0.497 e. The van der Waals surface area contributed by atoms with E-state index in [1.54, 1.807) is 51.9 Å². The van der Waals surface area contributed by atoms with Gasteiger partial charge in [0.05, 0.1) is 62.0 Å². The second kappa shape index (κ2) is 8.69. The molecule has 1 amide bonds. The smallest absolute Gasteiger partial charge is 0.256 e. The summed E-state index contributed by atoms with van der Waals surface area (Å²) in [5, 5.41) is 8.43. The van der Waals surface area contributed by atoms with Crippen LogP contribution in [0.2, 0.25) is 0 Å².